The molecule has 0 spiro atoms. The molecule has 0 aromatic heterocycles. The van der Waals surface area contributed by atoms with E-state index in [0.29, 0.717) is 65.8 Å². The lowest BCUT2D eigenvalue weighted by Gasteiger charge is -2.15. The number of methoxy groups -OCH3 is 7. The molecular weight excluding hydrogens is 1220 g/mol. The topological polar surface area (TPSA) is 249 Å². The Kier molecular flexibility index (Phi) is 24.4. The minimum Gasteiger partial charge on any atom is -0.493 e. The smallest absolute Gasteiger partial charge is 0.251 e. The van der Waals surface area contributed by atoms with E-state index >= 15 is 0 Å². The van der Waals surface area contributed by atoms with Gasteiger partial charge in [0.15, 0.2) is 34.5 Å². The fourth-order valence-electron chi connectivity index (χ4n) is 7.72. The van der Waals surface area contributed by atoms with E-state index in [9.17, 15) is 23.6 Å². The highest BCUT2D eigenvalue weighted by molar-refractivity contribution is 9.10. The van der Waals surface area contributed by atoms with Crippen LogP contribution in [0.2, 0.25) is 0 Å². The van der Waals surface area contributed by atoms with Crippen LogP contribution in [0.1, 0.15) is 52.6 Å². The Morgan fingerprint density at radius 3 is 1.18 bits per heavy atom. The number of nitrogens with two attached hydrogens (primary N) is 4. The van der Waals surface area contributed by atoms with Gasteiger partial charge in [0, 0.05) is 57.6 Å². The first-order valence-corrected chi connectivity index (χ1v) is 27.5. The summed E-state index contributed by atoms with van der Waals surface area (Å²) < 4.78 is 52.3. The van der Waals surface area contributed by atoms with Crippen LogP contribution in [0.15, 0.2) is 174 Å². The van der Waals surface area contributed by atoms with Gasteiger partial charge in [0.05, 0.1) is 66.5 Å². The number of amides is 4. The second-order valence-corrected chi connectivity index (χ2v) is 21.1. The predicted octanol–water partition coefficient (Wildman–Crippen LogP) is 13.2. The van der Waals surface area contributed by atoms with Crippen LogP contribution in [0.25, 0.3) is 11.1 Å². The summed E-state index contributed by atoms with van der Waals surface area (Å²) >= 11 is 9.87. The van der Waals surface area contributed by atoms with Gasteiger partial charge in [-0.1, -0.05) is 66.0 Å². The average Bonchev–Trinajstić information content (AvgIpc) is 3.67. The lowest BCUT2D eigenvalue weighted by Crippen LogP contribution is -2.13. The molecule has 8 rings (SSSR count). The van der Waals surface area contributed by atoms with Crippen LogP contribution in [0.4, 0.5) is 15.8 Å². The van der Waals surface area contributed by atoms with Crippen molar-refractivity contribution < 1.29 is 56.7 Å². The van der Waals surface area contributed by atoms with Crippen LogP contribution in [-0.4, -0.2) is 73.4 Å². The molecule has 0 aliphatic carbocycles. The molecular formula is C61H60Br2FN5O11S2. The van der Waals surface area contributed by atoms with Gasteiger partial charge in [-0.05, 0) is 159 Å². The number of hydrogen-bond donors (Lipinski definition) is 5. The number of primary amides is 4. The Balaban J connectivity index is 0.000000202. The average molecular weight is 1280 g/mol. The molecule has 0 saturated heterocycles. The van der Waals surface area contributed by atoms with Crippen molar-refractivity contribution in [2.75, 3.05) is 55.1 Å². The molecule has 0 saturated carbocycles. The van der Waals surface area contributed by atoms with Gasteiger partial charge >= 0.3 is 0 Å². The maximum Gasteiger partial charge on any atom is 0.251 e. The third-order valence-corrected chi connectivity index (χ3v) is 14.9. The van der Waals surface area contributed by atoms with Gasteiger partial charge in [-0.2, -0.15) is 0 Å². The fourth-order valence-corrected chi connectivity index (χ4v) is 11.1. The van der Waals surface area contributed by atoms with Crippen molar-refractivity contribution in [1.82, 2.24) is 0 Å². The summed E-state index contributed by atoms with van der Waals surface area (Å²) in [7, 11) is 11.0. The molecule has 0 aliphatic heterocycles. The van der Waals surface area contributed by atoms with Crippen LogP contribution < -0.4 is 61.4 Å². The summed E-state index contributed by atoms with van der Waals surface area (Å²) in [5, 5.41) is 3.00. The summed E-state index contributed by atoms with van der Waals surface area (Å²) in [5.41, 5.74) is 27.4. The second-order valence-electron chi connectivity index (χ2n) is 17.1. The van der Waals surface area contributed by atoms with Crippen molar-refractivity contribution in [2.24, 2.45) is 22.9 Å². The quantitative estimate of drug-likeness (QED) is 0.0536. The molecule has 0 atom stereocenters. The molecule has 0 unspecified atom stereocenters. The Morgan fingerprint density at radius 2 is 0.817 bits per heavy atom. The SMILES string of the molecule is COc1cc(Nc2ccc(C(N)=O)c(F)c2)cc(OC)c1OC.COc1cc(Sc2ccc(C(N)=O)c(Br)c2)cc(C)c1OC.COc1cc(Sc2ccc(C(N)=O)c(Br)c2)cc(C)c1OC.NC(=O)c1ccc(-c2ccccc2)cc1. The zero-order valence-corrected chi connectivity index (χ0v) is 50.9. The summed E-state index contributed by atoms with van der Waals surface area (Å²) in [6.45, 7) is 3.94. The van der Waals surface area contributed by atoms with E-state index in [-0.39, 0.29) is 5.56 Å². The molecule has 0 aliphatic rings. The number of halogens is 3. The fraction of sp³-hybridized carbons (Fsp3) is 0.148. The molecule has 0 fully saturated rings. The minimum atomic E-state index is -0.818. The molecule has 4 amide bonds. The van der Waals surface area contributed by atoms with Crippen molar-refractivity contribution in [3.05, 3.63) is 194 Å². The van der Waals surface area contributed by atoms with Gasteiger partial charge in [-0.25, -0.2) is 4.39 Å². The molecule has 8 aromatic rings. The van der Waals surface area contributed by atoms with Crippen LogP contribution in [0.5, 0.6) is 40.2 Å². The summed E-state index contributed by atoms with van der Waals surface area (Å²) in [4.78, 5) is 48.4. The van der Waals surface area contributed by atoms with Gasteiger partial charge in [0.2, 0.25) is 23.5 Å². The van der Waals surface area contributed by atoms with E-state index in [4.69, 9.17) is 56.1 Å². The number of benzene rings is 8. The molecule has 21 heteroatoms. The monoisotopic (exact) mass is 1280 g/mol. The lowest BCUT2D eigenvalue weighted by molar-refractivity contribution is 0.0988. The molecule has 0 radical (unpaired) electrons. The Bertz CT molecular complexity index is 3410. The highest BCUT2D eigenvalue weighted by Gasteiger charge is 2.17. The molecule has 0 heterocycles. The Labute approximate surface area is 500 Å². The molecule has 16 nitrogen and oxygen atoms in total. The van der Waals surface area contributed by atoms with E-state index in [1.165, 1.54) is 33.5 Å². The van der Waals surface area contributed by atoms with E-state index in [2.05, 4.69) is 37.2 Å². The summed E-state index contributed by atoms with van der Waals surface area (Å²) in [6.07, 6.45) is 0. The van der Waals surface area contributed by atoms with E-state index in [1.54, 1.807) is 94.4 Å². The van der Waals surface area contributed by atoms with E-state index < -0.39 is 29.4 Å². The van der Waals surface area contributed by atoms with Gasteiger partial charge in [-0.3, -0.25) is 19.2 Å². The number of carbonyl (C=O) groups is 4. The lowest BCUT2D eigenvalue weighted by atomic mass is 10.0. The number of hydrogen-bond acceptors (Lipinski definition) is 14. The van der Waals surface area contributed by atoms with Gasteiger partial charge < -0.3 is 61.4 Å². The predicted molar refractivity (Wildman–Crippen MR) is 327 cm³/mol. The largest absolute Gasteiger partial charge is 0.493 e. The normalized spacial score (nSPS) is 10.2. The standard InChI is InChI=1S/2C16H16BrNO3S.C16H17FN2O4.C13H11NO/c2*1-9-6-11(8-14(20-2)15(9)21-3)22-10-4-5-12(16(18)19)13(17)7-10;1-21-13-7-10(8-14(22-2)15(13)23-3)19-9-4-5-11(16(18)20)12(17)6-9;14-13(15)12-8-6-11(7-9-12)10-4-2-1-3-5-10/h2*4-8H,1-3H3,(H2,18,19);4-8,19H,1-3H3,(H2,18,20);1-9H,(H2,14,15). The third-order valence-electron chi connectivity index (χ3n) is 11.6. The van der Waals surface area contributed by atoms with Crippen LogP contribution in [-0.2, 0) is 0 Å². The van der Waals surface area contributed by atoms with Crippen LogP contribution >= 0.6 is 55.4 Å². The van der Waals surface area contributed by atoms with Crippen molar-refractivity contribution in [3.63, 3.8) is 0 Å². The number of nitrogens with one attached hydrogen (secondary N) is 1. The number of anilines is 2. The van der Waals surface area contributed by atoms with Crippen molar-refractivity contribution in [2.45, 2.75) is 33.4 Å². The Hall–Kier alpha value is -8.37. The first-order chi connectivity index (χ1) is 39.2. The number of aryl methyl sites for hydroxylation is 2. The number of carbonyl (C=O) groups excluding carboxylic acids is 4. The molecule has 0 bridgehead atoms. The number of rotatable bonds is 18. The van der Waals surface area contributed by atoms with Crippen molar-refractivity contribution >= 4 is 90.4 Å². The van der Waals surface area contributed by atoms with Gasteiger partial charge in [0.25, 0.3) is 5.91 Å². The molecule has 82 heavy (non-hydrogen) atoms. The molecule has 8 aromatic carbocycles. The molecule has 9 N–H and O–H groups in total. The van der Waals surface area contributed by atoms with E-state index in [1.807, 2.05) is 105 Å². The second kappa shape index (κ2) is 31.0. The maximum atomic E-state index is 13.8. The van der Waals surface area contributed by atoms with Crippen molar-refractivity contribution in [1.29, 1.82) is 0 Å². The third kappa shape index (κ3) is 17.6. The highest BCUT2D eigenvalue weighted by Crippen LogP contribution is 2.42. The Morgan fingerprint density at radius 1 is 0.415 bits per heavy atom. The first kappa shape index (κ1) is 64.5. The van der Waals surface area contributed by atoms with Gasteiger partial charge in [0.1, 0.15) is 5.82 Å². The van der Waals surface area contributed by atoms with Crippen LogP contribution in [0, 0.1) is 19.7 Å². The number of ether oxygens (including phenoxy) is 7. The zero-order valence-electron chi connectivity index (χ0n) is 46.1. The summed E-state index contributed by atoms with van der Waals surface area (Å²) in [6, 6.07) is 43.5. The van der Waals surface area contributed by atoms with Crippen molar-refractivity contribution in [3.8, 4) is 51.4 Å². The van der Waals surface area contributed by atoms with Gasteiger partial charge in [-0.15, -0.1) is 0 Å². The van der Waals surface area contributed by atoms with E-state index in [0.717, 1.165) is 53.3 Å². The molecule has 428 valence electrons. The minimum absolute atomic E-state index is 0.166. The summed E-state index contributed by atoms with van der Waals surface area (Å²) in [5.74, 6) is 1.41. The van der Waals surface area contributed by atoms with Crippen LogP contribution in [0.3, 0.4) is 0 Å². The first-order valence-electron chi connectivity index (χ1n) is 24.3. The maximum absolute atomic E-state index is 13.8. The highest BCUT2D eigenvalue weighted by atomic mass is 79.9. The zero-order chi connectivity index (χ0) is 60.2.